The van der Waals surface area contributed by atoms with Crippen molar-refractivity contribution in [3.8, 4) is 0 Å². The van der Waals surface area contributed by atoms with Crippen LogP contribution in [0.2, 0.25) is 0 Å². The normalized spacial score (nSPS) is 12.0. The number of aryl methyl sites for hydroxylation is 1. The van der Waals surface area contributed by atoms with Gasteiger partial charge < -0.3 is 14.6 Å². The largest absolute Gasteiger partial charge is 0.464 e. The summed E-state index contributed by atoms with van der Waals surface area (Å²) in [6.07, 6.45) is 1.60. The molecule has 1 amide bonds. The van der Waals surface area contributed by atoms with Crippen molar-refractivity contribution < 1.29 is 19.1 Å². The Morgan fingerprint density at radius 2 is 1.83 bits per heavy atom. The van der Waals surface area contributed by atoms with Gasteiger partial charge in [-0.15, -0.1) is 6.58 Å². The second-order valence-electron chi connectivity index (χ2n) is 6.09. The molecule has 0 aliphatic heterocycles. The second kappa shape index (κ2) is 7.95. The average molecular weight is 334 g/mol. The van der Waals surface area contributed by atoms with Crippen molar-refractivity contribution in [3.05, 3.63) is 35.2 Å². The summed E-state index contributed by atoms with van der Waals surface area (Å²) >= 11 is 0. The lowest BCUT2D eigenvalue weighted by Gasteiger charge is -2.29. The van der Waals surface area contributed by atoms with E-state index >= 15 is 0 Å². The number of ketones is 1. The third-order valence-corrected chi connectivity index (χ3v) is 4.02. The highest BCUT2D eigenvalue weighted by Crippen LogP contribution is 2.22. The van der Waals surface area contributed by atoms with Crippen LogP contribution in [0.1, 0.15) is 52.9 Å². The minimum Gasteiger partial charge on any atom is -0.464 e. The van der Waals surface area contributed by atoms with Crippen molar-refractivity contribution in [2.45, 2.75) is 40.7 Å². The van der Waals surface area contributed by atoms with Crippen molar-refractivity contribution in [2.75, 3.05) is 13.7 Å². The van der Waals surface area contributed by atoms with E-state index in [9.17, 15) is 14.4 Å². The summed E-state index contributed by atoms with van der Waals surface area (Å²) in [7, 11) is 1.29. The average Bonchev–Trinajstić information content (AvgIpc) is 2.84. The Balaban J connectivity index is 3.25. The third-order valence-electron chi connectivity index (χ3n) is 4.02. The monoisotopic (exact) mass is 334 g/mol. The van der Waals surface area contributed by atoms with E-state index in [4.69, 9.17) is 4.74 Å². The van der Waals surface area contributed by atoms with Crippen molar-refractivity contribution in [1.29, 1.82) is 0 Å². The van der Waals surface area contributed by atoms with Gasteiger partial charge in [-0.2, -0.15) is 0 Å². The number of ether oxygens (including phenoxy) is 1. The molecular formula is C18H26N2O4. The SMILES string of the molecule is C=CCN(C(=O)C(C)C)[C@H](C)C(=O)c1c(C)[nH]c(C(=O)OC)c1C. The first kappa shape index (κ1) is 19.7. The van der Waals surface area contributed by atoms with Crippen LogP contribution in [-0.4, -0.2) is 47.2 Å². The third kappa shape index (κ3) is 3.75. The van der Waals surface area contributed by atoms with E-state index in [1.165, 1.54) is 12.0 Å². The molecule has 6 nitrogen and oxygen atoms in total. The predicted molar refractivity (Wildman–Crippen MR) is 92.1 cm³/mol. The topological polar surface area (TPSA) is 79.5 Å². The van der Waals surface area contributed by atoms with Crippen LogP contribution in [0.3, 0.4) is 0 Å². The van der Waals surface area contributed by atoms with Crippen LogP contribution in [0.25, 0.3) is 0 Å². The van der Waals surface area contributed by atoms with Gasteiger partial charge >= 0.3 is 5.97 Å². The number of nitrogens with one attached hydrogen (secondary N) is 1. The van der Waals surface area contributed by atoms with Gasteiger partial charge in [0.1, 0.15) is 5.69 Å². The lowest BCUT2D eigenvalue weighted by molar-refractivity contribution is -0.135. The van der Waals surface area contributed by atoms with Crippen LogP contribution in [0.4, 0.5) is 0 Å². The number of aromatic amines is 1. The van der Waals surface area contributed by atoms with Gasteiger partial charge in [0.2, 0.25) is 5.91 Å². The van der Waals surface area contributed by atoms with Crippen LogP contribution in [0, 0.1) is 19.8 Å². The Labute approximate surface area is 142 Å². The lowest BCUT2D eigenvalue weighted by Crippen LogP contribution is -2.45. The molecule has 0 fully saturated rings. The number of carbonyl (C=O) groups excluding carboxylic acids is 3. The number of amides is 1. The number of hydrogen-bond donors (Lipinski definition) is 1. The Hall–Kier alpha value is -2.37. The van der Waals surface area contributed by atoms with E-state index in [-0.39, 0.29) is 29.8 Å². The highest BCUT2D eigenvalue weighted by molar-refractivity contribution is 6.06. The van der Waals surface area contributed by atoms with Gasteiger partial charge in [0.25, 0.3) is 0 Å². The summed E-state index contributed by atoms with van der Waals surface area (Å²) in [6.45, 7) is 12.6. The first-order valence-electron chi connectivity index (χ1n) is 7.90. The minimum atomic E-state index is -0.656. The Morgan fingerprint density at radius 3 is 2.29 bits per heavy atom. The van der Waals surface area contributed by atoms with Crippen LogP contribution < -0.4 is 0 Å². The van der Waals surface area contributed by atoms with Crippen molar-refractivity contribution >= 4 is 17.7 Å². The maximum Gasteiger partial charge on any atom is 0.354 e. The molecule has 1 N–H and O–H groups in total. The molecule has 0 saturated heterocycles. The van der Waals surface area contributed by atoms with Crippen LogP contribution in [-0.2, 0) is 9.53 Å². The fraction of sp³-hybridized carbons (Fsp3) is 0.500. The Kier molecular flexibility index (Phi) is 6.51. The van der Waals surface area contributed by atoms with Gasteiger partial charge in [0, 0.05) is 23.7 Å². The molecular weight excluding hydrogens is 308 g/mol. The van der Waals surface area contributed by atoms with Crippen LogP contribution in [0.5, 0.6) is 0 Å². The molecule has 0 aliphatic carbocycles. The van der Waals surface area contributed by atoms with Crippen molar-refractivity contribution in [3.63, 3.8) is 0 Å². The Morgan fingerprint density at radius 1 is 1.25 bits per heavy atom. The molecule has 0 bridgehead atoms. The number of methoxy groups -OCH3 is 1. The summed E-state index contributed by atoms with van der Waals surface area (Å²) in [5.41, 5.74) is 1.80. The summed E-state index contributed by atoms with van der Waals surface area (Å²) in [6, 6.07) is -0.656. The molecule has 0 aliphatic rings. The quantitative estimate of drug-likeness (QED) is 0.472. The summed E-state index contributed by atoms with van der Waals surface area (Å²) in [5.74, 6) is -1.08. The van der Waals surface area contributed by atoms with Crippen molar-refractivity contribution in [1.82, 2.24) is 9.88 Å². The number of esters is 1. The van der Waals surface area contributed by atoms with E-state index in [1.54, 1.807) is 40.7 Å². The molecule has 0 aromatic carbocycles. The fourth-order valence-corrected chi connectivity index (χ4v) is 2.69. The van der Waals surface area contributed by atoms with E-state index in [0.717, 1.165) is 0 Å². The van der Waals surface area contributed by atoms with Crippen LogP contribution >= 0.6 is 0 Å². The molecule has 6 heteroatoms. The second-order valence-corrected chi connectivity index (χ2v) is 6.09. The van der Waals surface area contributed by atoms with Gasteiger partial charge in [-0.05, 0) is 26.3 Å². The standard InChI is InChI=1S/C18H26N2O4/c1-8-9-20(17(22)10(2)3)13(6)16(21)14-11(4)15(18(23)24-7)19-12(14)5/h8,10,13,19H,1,9H2,2-7H3/t13-/m1/s1. The zero-order valence-corrected chi connectivity index (χ0v) is 15.2. The van der Waals surface area contributed by atoms with E-state index in [2.05, 4.69) is 11.6 Å². The number of carbonyl (C=O) groups is 3. The highest BCUT2D eigenvalue weighted by Gasteiger charge is 2.31. The molecule has 1 aromatic heterocycles. The Bertz CT molecular complexity index is 658. The van der Waals surface area contributed by atoms with Gasteiger partial charge in [-0.3, -0.25) is 9.59 Å². The van der Waals surface area contributed by atoms with E-state index in [0.29, 0.717) is 16.8 Å². The molecule has 0 unspecified atom stereocenters. The number of nitrogens with zero attached hydrogens (tertiary/aromatic N) is 1. The molecule has 0 radical (unpaired) electrons. The maximum absolute atomic E-state index is 13.0. The van der Waals surface area contributed by atoms with E-state index < -0.39 is 12.0 Å². The number of rotatable bonds is 7. The zero-order valence-electron chi connectivity index (χ0n) is 15.2. The first-order valence-corrected chi connectivity index (χ1v) is 7.90. The zero-order chi connectivity index (χ0) is 18.6. The van der Waals surface area contributed by atoms with Gasteiger partial charge in [-0.25, -0.2) is 4.79 Å². The summed E-state index contributed by atoms with van der Waals surface area (Å²) in [4.78, 5) is 41.5. The number of Topliss-reactive ketones (excluding diaryl/α,β-unsaturated/α-hetero) is 1. The van der Waals surface area contributed by atoms with E-state index in [1.807, 2.05) is 0 Å². The first-order chi connectivity index (χ1) is 11.2. The molecule has 1 aromatic rings. The number of H-pyrrole nitrogens is 1. The smallest absolute Gasteiger partial charge is 0.354 e. The maximum atomic E-state index is 13.0. The fourth-order valence-electron chi connectivity index (χ4n) is 2.69. The molecule has 0 saturated carbocycles. The summed E-state index contributed by atoms with van der Waals surface area (Å²) < 4.78 is 4.72. The predicted octanol–water partition coefficient (Wildman–Crippen LogP) is 2.66. The number of hydrogen-bond acceptors (Lipinski definition) is 4. The van der Waals surface area contributed by atoms with Gasteiger partial charge in [0.15, 0.2) is 5.78 Å². The molecule has 1 atom stereocenters. The lowest BCUT2D eigenvalue weighted by atomic mass is 9.99. The molecule has 0 spiro atoms. The highest BCUT2D eigenvalue weighted by atomic mass is 16.5. The minimum absolute atomic E-state index is 0.116. The van der Waals surface area contributed by atoms with Gasteiger partial charge in [-0.1, -0.05) is 19.9 Å². The molecule has 1 heterocycles. The van der Waals surface area contributed by atoms with Crippen molar-refractivity contribution in [2.24, 2.45) is 5.92 Å². The number of aromatic nitrogens is 1. The van der Waals surface area contributed by atoms with Crippen LogP contribution in [0.15, 0.2) is 12.7 Å². The summed E-state index contributed by atoms with van der Waals surface area (Å²) in [5, 5.41) is 0. The van der Waals surface area contributed by atoms with Gasteiger partial charge in [0.05, 0.1) is 13.2 Å². The molecule has 1 rings (SSSR count). The molecule has 132 valence electrons. The molecule has 24 heavy (non-hydrogen) atoms.